The normalized spacial score (nSPS) is 13.9. The van der Waals surface area contributed by atoms with Crippen LogP contribution in [0.3, 0.4) is 0 Å². The van der Waals surface area contributed by atoms with Crippen LogP contribution < -0.4 is 0 Å². The van der Waals surface area contributed by atoms with E-state index in [0.717, 1.165) is 33.5 Å². The number of aliphatic hydroxyl groups is 2. The van der Waals surface area contributed by atoms with Crippen molar-refractivity contribution in [2.75, 3.05) is 6.61 Å². The van der Waals surface area contributed by atoms with E-state index in [1.807, 2.05) is 57.3 Å². The Balaban J connectivity index is 2.04. The zero-order valence-electron chi connectivity index (χ0n) is 15.4. The van der Waals surface area contributed by atoms with Crippen LogP contribution in [0.4, 0.5) is 0 Å². The largest absolute Gasteiger partial charge is 0.392 e. The van der Waals surface area contributed by atoms with E-state index < -0.39 is 6.29 Å². The molecule has 0 aliphatic heterocycles. The highest BCUT2D eigenvalue weighted by Gasteiger charge is 2.21. The van der Waals surface area contributed by atoms with Gasteiger partial charge in [0.15, 0.2) is 6.29 Å². The maximum absolute atomic E-state index is 10.2. The molecule has 2 N–H and O–H groups in total. The highest BCUT2D eigenvalue weighted by atomic mass is 16.6. The lowest BCUT2D eigenvalue weighted by Gasteiger charge is -2.22. The van der Waals surface area contributed by atoms with Crippen molar-refractivity contribution in [3.05, 3.63) is 64.5 Å². The second kappa shape index (κ2) is 7.95. The Morgan fingerprint density at radius 3 is 2.65 bits per heavy atom. The summed E-state index contributed by atoms with van der Waals surface area (Å²) in [7, 11) is 0. The van der Waals surface area contributed by atoms with E-state index in [1.54, 1.807) is 4.52 Å². The maximum atomic E-state index is 10.2. The lowest BCUT2D eigenvalue weighted by Crippen LogP contribution is -2.17. The third-order valence-corrected chi connectivity index (χ3v) is 4.76. The van der Waals surface area contributed by atoms with Gasteiger partial charge in [0.1, 0.15) is 0 Å². The second-order valence-electron chi connectivity index (χ2n) is 6.51. The summed E-state index contributed by atoms with van der Waals surface area (Å²) in [6.07, 6.45) is 1.50. The smallest absolute Gasteiger partial charge is 0.155 e. The topological polar surface area (TPSA) is 79.9 Å². The minimum atomic E-state index is -0.864. The molecule has 0 radical (unpaired) electrons. The van der Waals surface area contributed by atoms with Crippen molar-refractivity contribution < 1.29 is 14.9 Å². The molecular formula is C20H25N3O3. The van der Waals surface area contributed by atoms with Crippen molar-refractivity contribution in [3.63, 3.8) is 0 Å². The molecule has 2 atom stereocenters. The van der Waals surface area contributed by atoms with E-state index in [4.69, 9.17) is 4.74 Å². The third-order valence-electron chi connectivity index (χ3n) is 4.76. The molecule has 6 nitrogen and oxygen atoms in total. The van der Waals surface area contributed by atoms with Gasteiger partial charge in [0.25, 0.3) is 0 Å². The van der Waals surface area contributed by atoms with Gasteiger partial charge in [-0.2, -0.15) is 0 Å². The van der Waals surface area contributed by atoms with Crippen LogP contribution in [0, 0.1) is 13.8 Å². The quantitative estimate of drug-likeness (QED) is 0.637. The number of aromatic nitrogens is 3. The van der Waals surface area contributed by atoms with Crippen LogP contribution in [0.2, 0.25) is 0 Å². The standard InChI is InChI=1S/C20H25N3O3/c1-4-26-20(25)10-18(15-6-5-13(2)17(9-15)12-24)16-7-8-19-14(3)21-22-23(19)11-16/h5-9,11,18,20,24-25H,4,10,12H2,1-3H3. The van der Waals surface area contributed by atoms with Gasteiger partial charge in [-0.3, -0.25) is 0 Å². The Morgan fingerprint density at radius 2 is 1.92 bits per heavy atom. The minimum Gasteiger partial charge on any atom is -0.392 e. The molecule has 0 saturated heterocycles. The Bertz CT molecular complexity index is 891. The third kappa shape index (κ3) is 3.77. The number of fused-ring (bicyclic) bond motifs is 1. The predicted octanol–water partition coefficient (Wildman–Crippen LogP) is 2.72. The lowest BCUT2D eigenvalue weighted by molar-refractivity contribution is -0.100. The van der Waals surface area contributed by atoms with Crippen LogP contribution in [0.5, 0.6) is 0 Å². The fourth-order valence-corrected chi connectivity index (χ4v) is 3.24. The first-order valence-corrected chi connectivity index (χ1v) is 8.85. The first kappa shape index (κ1) is 18.5. The number of hydrogen-bond acceptors (Lipinski definition) is 5. The van der Waals surface area contributed by atoms with Crippen molar-refractivity contribution in [2.24, 2.45) is 0 Å². The van der Waals surface area contributed by atoms with Gasteiger partial charge in [0, 0.05) is 25.1 Å². The summed E-state index contributed by atoms with van der Waals surface area (Å²) in [5, 5.41) is 28.1. The zero-order chi connectivity index (χ0) is 18.7. The minimum absolute atomic E-state index is 0.0122. The average Bonchev–Trinajstić information content (AvgIpc) is 3.01. The monoisotopic (exact) mass is 355 g/mol. The van der Waals surface area contributed by atoms with Crippen molar-refractivity contribution in [3.8, 4) is 0 Å². The number of benzene rings is 1. The van der Waals surface area contributed by atoms with E-state index in [1.165, 1.54) is 0 Å². The maximum Gasteiger partial charge on any atom is 0.155 e. The molecule has 2 aromatic heterocycles. The molecule has 0 spiro atoms. The Labute approximate surface area is 153 Å². The molecular weight excluding hydrogens is 330 g/mol. The van der Waals surface area contributed by atoms with Gasteiger partial charge >= 0.3 is 0 Å². The van der Waals surface area contributed by atoms with Crippen LogP contribution in [-0.2, 0) is 11.3 Å². The molecule has 138 valence electrons. The summed E-state index contributed by atoms with van der Waals surface area (Å²) in [6, 6.07) is 10.1. The van der Waals surface area contributed by atoms with Gasteiger partial charge < -0.3 is 14.9 Å². The highest BCUT2D eigenvalue weighted by molar-refractivity contribution is 5.51. The van der Waals surface area contributed by atoms with Gasteiger partial charge in [0.2, 0.25) is 0 Å². The molecule has 2 heterocycles. The van der Waals surface area contributed by atoms with Gasteiger partial charge in [0.05, 0.1) is 17.8 Å². The fraction of sp³-hybridized carbons (Fsp3) is 0.400. The molecule has 1 aromatic carbocycles. The van der Waals surface area contributed by atoms with E-state index in [0.29, 0.717) is 13.0 Å². The molecule has 0 bridgehead atoms. The Hall–Kier alpha value is -2.28. The number of nitrogens with zero attached hydrogens (tertiary/aromatic N) is 3. The van der Waals surface area contributed by atoms with Crippen molar-refractivity contribution in [2.45, 2.75) is 46.0 Å². The molecule has 2 unspecified atom stereocenters. The summed E-state index contributed by atoms with van der Waals surface area (Å²) in [4.78, 5) is 0. The molecule has 3 aromatic rings. The predicted molar refractivity (Wildman–Crippen MR) is 98.9 cm³/mol. The SMILES string of the molecule is CCOC(O)CC(c1ccc(C)c(CO)c1)c1ccc2c(C)nnn2c1. The molecule has 26 heavy (non-hydrogen) atoms. The molecule has 3 rings (SSSR count). The van der Waals surface area contributed by atoms with Crippen molar-refractivity contribution in [1.82, 2.24) is 14.8 Å². The summed E-state index contributed by atoms with van der Waals surface area (Å²) < 4.78 is 7.11. The molecule has 0 aliphatic carbocycles. The summed E-state index contributed by atoms with van der Waals surface area (Å²) in [5.41, 5.74) is 5.79. The van der Waals surface area contributed by atoms with Gasteiger partial charge in [-0.15, -0.1) is 5.10 Å². The van der Waals surface area contributed by atoms with Gasteiger partial charge in [-0.05, 0) is 49.1 Å². The fourth-order valence-electron chi connectivity index (χ4n) is 3.24. The summed E-state index contributed by atoms with van der Waals surface area (Å²) >= 11 is 0. The number of hydrogen-bond donors (Lipinski definition) is 2. The Morgan fingerprint density at radius 1 is 1.15 bits per heavy atom. The molecule has 0 fully saturated rings. The summed E-state index contributed by atoms with van der Waals surface area (Å²) in [5.74, 6) is -0.0867. The van der Waals surface area contributed by atoms with Crippen LogP contribution in [0.1, 0.15) is 47.2 Å². The number of aliphatic hydroxyl groups excluding tert-OH is 2. The van der Waals surface area contributed by atoms with Gasteiger partial charge in [-0.25, -0.2) is 4.52 Å². The number of ether oxygens (including phenoxy) is 1. The van der Waals surface area contributed by atoms with Crippen LogP contribution >= 0.6 is 0 Å². The van der Waals surface area contributed by atoms with Crippen LogP contribution in [0.25, 0.3) is 5.52 Å². The van der Waals surface area contributed by atoms with Gasteiger partial charge in [-0.1, -0.05) is 29.5 Å². The van der Waals surface area contributed by atoms with Crippen molar-refractivity contribution in [1.29, 1.82) is 0 Å². The first-order chi connectivity index (χ1) is 12.5. The number of pyridine rings is 1. The van der Waals surface area contributed by atoms with E-state index in [9.17, 15) is 10.2 Å². The van der Waals surface area contributed by atoms with E-state index in [-0.39, 0.29) is 12.5 Å². The lowest BCUT2D eigenvalue weighted by atomic mass is 9.87. The van der Waals surface area contributed by atoms with E-state index in [2.05, 4.69) is 10.3 Å². The van der Waals surface area contributed by atoms with E-state index >= 15 is 0 Å². The molecule has 6 heteroatoms. The van der Waals surface area contributed by atoms with Crippen LogP contribution in [0.15, 0.2) is 36.5 Å². The molecule has 0 aliphatic rings. The van der Waals surface area contributed by atoms with Crippen molar-refractivity contribution >= 4 is 5.52 Å². The Kier molecular flexibility index (Phi) is 5.66. The number of aryl methyl sites for hydroxylation is 2. The van der Waals surface area contributed by atoms with Crippen LogP contribution in [-0.4, -0.2) is 37.9 Å². The average molecular weight is 355 g/mol. The highest BCUT2D eigenvalue weighted by Crippen LogP contribution is 2.31. The number of rotatable bonds is 7. The molecule has 0 saturated carbocycles. The summed E-state index contributed by atoms with van der Waals surface area (Å²) in [6.45, 7) is 6.19. The molecule has 0 amide bonds. The zero-order valence-corrected chi connectivity index (χ0v) is 15.4. The first-order valence-electron chi connectivity index (χ1n) is 8.85. The second-order valence-corrected chi connectivity index (χ2v) is 6.51.